The van der Waals surface area contributed by atoms with E-state index in [1.807, 2.05) is 11.8 Å². The van der Waals surface area contributed by atoms with E-state index in [4.69, 9.17) is 4.74 Å². The topological polar surface area (TPSA) is 58.6 Å². The minimum absolute atomic E-state index is 0.0634. The van der Waals surface area contributed by atoms with Crippen molar-refractivity contribution in [3.8, 4) is 0 Å². The number of piperidine rings is 1. The van der Waals surface area contributed by atoms with Crippen LogP contribution in [0.3, 0.4) is 0 Å². The molecule has 0 radical (unpaired) electrons. The molecule has 1 heterocycles. The van der Waals surface area contributed by atoms with Gasteiger partial charge in [-0.3, -0.25) is 9.59 Å². The number of hydrogen-bond acceptors (Lipinski definition) is 3. The number of carbonyl (C=O) groups excluding carboxylic acids is 2. The van der Waals surface area contributed by atoms with Crippen molar-refractivity contribution in [1.82, 2.24) is 10.2 Å². The van der Waals surface area contributed by atoms with Crippen LogP contribution in [0.2, 0.25) is 0 Å². The Morgan fingerprint density at radius 3 is 2.56 bits per heavy atom. The van der Waals surface area contributed by atoms with Crippen LogP contribution in [-0.4, -0.2) is 50.1 Å². The number of carbonyl (C=O) groups is 2. The monoisotopic (exact) mass is 256 g/mol. The third-order valence-electron chi connectivity index (χ3n) is 3.35. The highest BCUT2D eigenvalue weighted by molar-refractivity contribution is 5.80. The highest BCUT2D eigenvalue weighted by Crippen LogP contribution is 2.17. The molecular weight excluding hydrogens is 232 g/mol. The highest BCUT2D eigenvalue weighted by atomic mass is 16.5. The summed E-state index contributed by atoms with van der Waals surface area (Å²) in [5.41, 5.74) is 0. The van der Waals surface area contributed by atoms with Gasteiger partial charge in [0.25, 0.3) is 0 Å². The lowest BCUT2D eigenvalue weighted by Gasteiger charge is -2.31. The van der Waals surface area contributed by atoms with Gasteiger partial charge in [0, 0.05) is 45.7 Å². The molecule has 1 rings (SSSR count). The molecule has 1 aliphatic rings. The van der Waals surface area contributed by atoms with E-state index in [0.717, 1.165) is 19.3 Å². The molecule has 0 aromatic heterocycles. The second-order valence-electron chi connectivity index (χ2n) is 4.65. The molecule has 104 valence electrons. The molecule has 2 amide bonds. The number of likely N-dealkylation sites (tertiary alicyclic amines) is 1. The van der Waals surface area contributed by atoms with Crippen LogP contribution in [0.1, 0.15) is 32.6 Å². The molecule has 0 aromatic carbocycles. The fraction of sp³-hybridized carbons (Fsp3) is 0.846. The lowest BCUT2D eigenvalue weighted by Crippen LogP contribution is -2.43. The quantitative estimate of drug-likeness (QED) is 0.715. The van der Waals surface area contributed by atoms with Crippen molar-refractivity contribution < 1.29 is 14.3 Å². The van der Waals surface area contributed by atoms with Gasteiger partial charge in [0.15, 0.2) is 0 Å². The first-order valence-electron chi connectivity index (χ1n) is 6.73. The summed E-state index contributed by atoms with van der Waals surface area (Å²) in [7, 11) is 1.66. The Morgan fingerprint density at radius 2 is 2.00 bits per heavy atom. The second kappa shape index (κ2) is 8.08. The number of nitrogens with one attached hydrogen (secondary N) is 1. The summed E-state index contributed by atoms with van der Waals surface area (Å²) in [5, 5.41) is 2.92. The van der Waals surface area contributed by atoms with Gasteiger partial charge < -0.3 is 15.0 Å². The Balaban J connectivity index is 2.21. The maximum Gasteiger partial charge on any atom is 0.223 e. The van der Waals surface area contributed by atoms with Crippen LogP contribution in [0, 0.1) is 5.92 Å². The first-order valence-corrected chi connectivity index (χ1v) is 6.73. The van der Waals surface area contributed by atoms with Crippen LogP contribution in [0.15, 0.2) is 0 Å². The molecule has 0 atom stereocenters. The lowest BCUT2D eigenvalue weighted by molar-refractivity contribution is -0.135. The first-order chi connectivity index (χ1) is 8.69. The van der Waals surface area contributed by atoms with Crippen LogP contribution in [0.25, 0.3) is 0 Å². The molecule has 0 bridgehead atoms. The van der Waals surface area contributed by atoms with Crippen molar-refractivity contribution in [2.45, 2.75) is 32.6 Å². The normalized spacial score (nSPS) is 16.7. The summed E-state index contributed by atoms with van der Waals surface area (Å²) >= 11 is 0. The molecule has 18 heavy (non-hydrogen) atoms. The Hall–Kier alpha value is -1.10. The average Bonchev–Trinajstić information content (AvgIpc) is 2.42. The lowest BCUT2D eigenvalue weighted by atomic mass is 9.95. The van der Waals surface area contributed by atoms with Gasteiger partial charge in [0.05, 0.1) is 0 Å². The molecule has 0 saturated carbocycles. The number of methoxy groups -OCH3 is 1. The van der Waals surface area contributed by atoms with E-state index < -0.39 is 0 Å². The van der Waals surface area contributed by atoms with Gasteiger partial charge in [-0.15, -0.1) is 0 Å². The molecule has 0 unspecified atom stereocenters. The van der Waals surface area contributed by atoms with E-state index in [2.05, 4.69) is 5.32 Å². The van der Waals surface area contributed by atoms with E-state index in [9.17, 15) is 9.59 Å². The summed E-state index contributed by atoms with van der Waals surface area (Å²) < 4.78 is 4.93. The van der Waals surface area contributed by atoms with E-state index in [-0.39, 0.29) is 17.7 Å². The molecule has 5 nitrogen and oxygen atoms in total. The number of ether oxygens (including phenoxy) is 1. The van der Waals surface area contributed by atoms with E-state index >= 15 is 0 Å². The number of nitrogens with zero attached hydrogens (tertiary/aromatic N) is 1. The van der Waals surface area contributed by atoms with Gasteiger partial charge in [-0.25, -0.2) is 0 Å². The molecule has 1 N–H and O–H groups in total. The molecule has 0 spiro atoms. The number of rotatable bonds is 6. The fourth-order valence-corrected chi connectivity index (χ4v) is 2.19. The maximum atomic E-state index is 11.9. The van der Waals surface area contributed by atoms with Crippen LogP contribution < -0.4 is 5.32 Å². The molecule has 1 fully saturated rings. The number of amides is 2. The zero-order chi connectivity index (χ0) is 13.4. The Labute approximate surface area is 109 Å². The number of hydrogen-bond donors (Lipinski definition) is 1. The summed E-state index contributed by atoms with van der Waals surface area (Å²) in [6.45, 7) is 4.63. The summed E-state index contributed by atoms with van der Waals surface area (Å²) in [6, 6.07) is 0. The van der Waals surface area contributed by atoms with Crippen molar-refractivity contribution in [1.29, 1.82) is 0 Å². The Kier molecular flexibility index (Phi) is 6.72. The minimum Gasteiger partial charge on any atom is -0.385 e. The van der Waals surface area contributed by atoms with Gasteiger partial charge in [0.2, 0.25) is 11.8 Å². The van der Waals surface area contributed by atoms with Gasteiger partial charge in [-0.05, 0) is 19.3 Å². The van der Waals surface area contributed by atoms with E-state index in [0.29, 0.717) is 32.7 Å². The van der Waals surface area contributed by atoms with Gasteiger partial charge in [0.1, 0.15) is 0 Å². The van der Waals surface area contributed by atoms with Gasteiger partial charge in [-0.2, -0.15) is 0 Å². The molecule has 0 aliphatic carbocycles. The highest BCUT2D eigenvalue weighted by Gasteiger charge is 2.26. The standard InChI is InChI=1S/C13H24N2O3/c1-3-12(16)15-8-5-11(6-9-15)13(17)14-7-4-10-18-2/h11H,3-10H2,1-2H3,(H,14,17). The average molecular weight is 256 g/mol. The smallest absolute Gasteiger partial charge is 0.223 e. The van der Waals surface area contributed by atoms with Crippen LogP contribution in [0.5, 0.6) is 0 Å². The van der Waals surface area contributed by atoms with Crippen LogP contribution in [-0.2, 0) is 14.3 Å². The summed E-state index contributed by atoms with van der Waals surface area (Å²) in [6.07, 6.45) is 2.95. The second-order valence-corrected chi connectivity index (χ2v) is 4.65. The van der Waals surface area contributed by atoms with Gasteiger partial charge in [-0.1, -0.05) is 6.92 Å². The molecule has 1 saturated heterocycles. The fourth-order valence-electron chi connectivity index (χ4n) is 2.19. The van der Waals surface area contributed by atoms with Crippen molar-refractivity contribution >= 4 is 11.8 Å². The molecule has 1 aliphatic heterocycles. The Bertz CT molecular complexity index is 273. The molecule has 0 aromatic rings. The zero-order valence-electron chi connectivity index (χ0n) is 11.4. The van der Waals surface area contributed by atoms with E-state index in [1.54, 1.807) is 7.11 Å². The van der Waals surface area contributed by atoms with Crippen LogP contribution >= 0.6 is 0 Å². The van der Waals surface area contributed by atoms with Crippen molar-refractivity contribution in [3.63, 3.8) is 0 Å². The molecular formula is C13H24N2O3. The molecule has 5 heteroatoms. The SMILES string of the molecule is CCC(=O)N1CCC(C(=O)NCCCOC)CC1. The largest absolute Gasteiger partial charge is 0.385 e. The predicted molar refractivity (Wildman–Crippen MR) is 69.1 cm³/mol. The van der Waals surface area contributed by atoms with Crippen LogP contribution in [0.4, 0.5) is 0 Å². The Morgan fingerprint density at radius 1 is 1.33 bits per heavy atom. The van der Waals surface area contributed by atoms with Crippen molar-refractivity contribution in [3.05, 3.63) is 0 Å². The van der Waals surface area contributed by atoms with Gasteiger partial charge >= 0.3 is 0 Å². The van der Waals surface area contributed by atoms with E-state index in [1.165, 1.54) is 0 Å². The third kappa shape index (κ3) is 4.64. The maximum absolute atomic E-state index is 11.9. The summed E-state index contributed by atoms with van der Waals surface area (Å²) in [5.74, 6) is 0.372. The first kappa shape index (κ1) is 15.0. The summed E-state index contributed by atoms with van der Waals surface area (Å²) in [4.78, 5) is 25.2. The minimum atomic E-state index is 0.0634. The van der Waals surface area contributed by atoms with Crippen molar-refractivity contribution in [2.75, 3.05) is 33.4 Å². The third-order valence-corrected chi connectivity index (χ3v) is 3.35. The predicted octanol–water partition coefficient (Wildman–Crippen LogP) is 0.788. The zero-order valence-corrected chi connectivity index (χ0v) is 11.4. The van der Waals surface area contributed by atoms with Crippen molar-refractivity contribution in [2.24, 2.45) is 5.92 Å².